The molecule has 0 unspecified atom stereocenters. The number of H-pyrrole nitrogens is 1. The van der Waals surface area contributed by atoms with Gasteiger partial charge in [-0.2, -0.15) is 5.10 Å². The van der Waals surface area contributed by atoms with Crippen LogP contribution in [0.2, 0.25) is 0 Å². The van der Waals surface area contributed by atoms with Gasteiger partial charge in [0.05, 0.1) is 0 Å². The van der Waals surface area contributed by atoms with E-state index >= 15 is 0 Å². The minimum absolute atomic E-state index is 0.0371. The zero-order valence-electron chi connectivity index (χ0n) is 10.2. The van der Waals surface area contributed by atoms with Gasteiger partial charge in [-0.25, -0.2) is 4.98 Å². The van der Waals surface area contributed by atoms with Crippen molar-refractivity contribution in [3.05, 3.63) is 42.2 Å². The lowest BCUT2D eigenvalue weighted by Crippen LogP contribution is -2.29. The van der Waals surface area contributed by atoms with E-state index in [2.05, 4.69) is 20.5 Å². The number of hydrogen-bond acceptors (Lipinski definition) is 4. The highest BCUT2D eigenvalue weighted by Crippen LogP contribution is 2.34. The smallest absolute Gasteiger partial charge is 0.238 e. The summed E-state index contributed by atoms with van der Waals surface area (Å²) < 4.78 is 0. The second-order valence-electron chi connectivity index (χ2n) is 4.48. The molecule has 6 heteroatoms. The SMILES string of the molecule is O=C(NC1CC1)[C@H](Sc1ncn[nH]1)c1ccccc1. The maximum Gasteiger partial charge on any atom is 0.238 e. The van der Waals surface area contributed by atoms with E-state index in [1.807, 2.05) is 30.3 Å². The van der Waals surface area contributed by atoms with Crippen LogP contribution in [-0.2, 0) is 4.79 Å². The fraction of sp³-hybridized carbons (Fsp3) is 0.308. The maximum absolute atomic E-state index is 12.3. The molecule has 0 aliphatic heterocycles. The zero-order valence-corrected chi connectivity index (χ0v) is 11.1. The summed E-state index contributed by atoms with van der Waals surface area (Å²) in [6, 6.07) is 10.1. The molecule has 1 amide bonds. The molecule has 2 aromatic rings. The van der Waals surface area contributed by atoms with Crippen molar-refractivity contribution in [2.75, 3.05) is 0 Å². The van der Waals surface area contributed by atoms with E-state index in [-0.39, 0.29) is 11.2 Å². The number of thioether (sulfide) groups is 1. The fourth-order valence-corrected chi connectivity index (χ4v) is 2.67. The first-order valence-electron chi connectivity index (χ1n) is 6.20. The monoisotopic (exact) mass is 274 g/mol. The predicted molar refractivity (Wildman–Crippen MR) is 72.6 cm³/mol. The van der Waals surface area contributed by atoms with Gasteiger partial charge in [-0.3, -0.25) is 9.89 Å². The molecule has 1 heterocycles. The Morgan fingerprint density at radius 3 is 2.79 bits per heavy atom. The Hall–Kier alpha value is -1.82. The van der Waals surface area contributed by atoms with Crippen LogP contribution in [0.25, 0.3) is 0 Å². The van der Waals surface area contributed by atoms with Crippen molar-refractivity contribution in [3.8, 4) is 0 Å². The standard InChI is InChI=1S/C13H14N4OS/c18-12(16-10-6-7-10)11(9-4-2-1-3-5-9)19-13-14-8-15-17-13/h1-5,8,10-11H,6-7H2,(H,16,18)(H,14,15,17)/t11-/m1/s1. The van der Waals surface area contributed by atoms with Gasteiger partial charge >= 0.3 is 0 Å². The Labute approximate surface area is 115 Å². The lowest BCUT2D eigenvalue weighted by Gasteiger charge is -2.15. The van der Waals surface area contributed by atoms with Crippen LogP contribution >= 0.6 is 11.8 Å². The zero-order chi connectivity index (χ0) is 13.1. The van der Waals surface area contributed by atoms with Crippen LogP contribution in [0, 0.1) is 0 Å². The molecular weight excluding hydrogens is 260 g/mol. The van der Waals surface area contributed by atoms with E-state index in [1.54, 1.807) is 0 Å². The van der Waals surface area contributed by atoms with Gasteiger partial charge in [-0.05, 0) is 18.4 Å². The molecule has 0 bridgehead atoms. The molecule has 1 aliphatic carbocycles. The van der Waals surface area contributed by atoms with Crippen LogP contribution in [-0.4, -0.2) is 27.1 Å². The van der Waals surface area contributed by atoms with E-state index in [9.17, 15) is 4.79 Å². The summed E-state index contributed by atoms with van der Waals surface area (Å²) in [5.41, 5.74) is 0.974. The molecule has 0 spiro atoms. The van der Waals surface area contributed by atoms with Gasteiger partial charge in [-0.15, -0.1) is 0 Å². The summed E-state index contributed by atoms with van der Waals surface area (Å²) in [5.74, 6) is 0.0371. The number of carbonyl (C=O) groups excluding carboxylic acids is 1. The van der Waals surface area contributed by atoms with Crippen LogP contribution in [0.1, 0.15) is 23.7 Å². The van der Waals surface area contributed by atoms with E-state index < -0.39 is 0 Å². The molecule has 1 aromatic carbocycles. The topological polar surface area (TPSA) is 70.7 Å². The third kappa shape index (κ3) is 3.14. The maximum atomic E-state index is 12.3. The van der Waals surface area contributed by atoms with Crippen molar-refractivity contribution >= 4 is 17.7 Å². The molecule has 1 aliphatic rings. The molecular formula is C13H14N4OS. The van der Waals surface area contributed by atoms with E-state index in [0.29, 0.717) is 11.2 Å². The fourth-order valence-electron chi connectivity index (χ4n) is 1.77. The van der Waals surface area contributed by atoms with E-state index in [1.165, 1.54) is 18.1 Å². The molecule has 3 rings (SSSR count). The van der Waals surface area contributed by atoms with Crippen molar-refractivity contribution in [2.24, 2.45) is 0 Å². The molecule has 5 nitrogen and oxygen atoms in total. The summed E-state index contributed by atoms with van der Waals surface area (Å²) in [5, 5.41) is 10.00. The number of rotatable bonds is 5. The van der Waals surface area contributed by atoms with E-state index in [4.69, 9.17) is 0 Å². The Bertz CT molecular complexity index is 539. The average Bonchev–Trinajstić information content (AvgIpc) is 3.10. The second-order valence-corrected chi connectivity index (χ2v) is 5.58. The van der Waals surface area contributed by atoms with Crippen LogP contribution in [0.3, 0.4) is 0 Å². The number of carbonyl (C=O) groups is 1. The summed E-state index contributed by atoms with van der Waals surface area (Å²) >= 11 is 1.39. The third-order valence-electron chi connectivity index (χ3n) is 2.89. The quantitative estimate of drug-likeness (QED) is 0.817. The number of amides is 1. The van der Waals surface area contributed by atoms with Gasteiger partial charge in [0.25, 0.3) is 0 Å². The molecule has 1 aromatic heterocycles. The van der Waals surface area contributed by atoms with Gasteiger partial charge in [0.2, 0.25) is 5.91 Å². The molecule has 0 radical (unpaired) electrons. The minimum atomic E-state index is -0.297. The third-order valence-corrected chi connectivity index (χ3v) is 4.03. The van der Waals surface area contributed by atoms with Crippen molar-refractivity contribution in [2.45, 2.75) is 29.3 Å². The van der Waals surface area contributed by atoms with Crippen LogP contribution in [0.4, 0.5) is 0 Å². The minimum Gasteiger partial charge on any atom is -0.352 e. The van der Waals surface area contributed by atoms with E-state index in [0.717, 1.165) is 18.4 Å². The van der Waals surface area contributed by atoms with Crippen LogP contribution < -0.4 is 5.32 Å². The summed E-state index contributed by atoms with van der Waals surface area (Å²) in [6.07, 6.45) is 3.61. The number of nitrogens with one attached hydrogen (secondary N) is 2. The molecule has 2 N–H and O–H groups in total. The summed E-state index contributed by atoms with van der Waals surface area (Å²) in [7, 11) is 0. The highest BCUT2D eigenvalue weighted by Gasteiger charge is 2.29. The van der Waals surface area contributed by atoms with Gasteiger partial charge < -0.3 is 5.32 Å². The number of aromatic nitrogens is 3. The van der Waals surface area contributed by atoms with Crippen molar-refractivity contribution < 1.29 is 4.79 Å². The largest absolute Gasteiger partial charge is 0.352 e. The summed E-state index contributed by atoms with van der Waals surface area (Å²) in [4.78, 5) is 16.4. The molecule has 1 saturated carbocycles. The van der Waals surface area contributed by atoms with Crippen molar-refractivity contribution in [3.63, 3.8) is 0 Å². The highest BCUT2D eigenvalue weighted by atomic mass is 32.2. The lowest BCUT2D eigenvalue weighted by atomic mass is 10.1. The average molecular weight is 274 g/mol. The molecule has 0 saturated heterocycles. The van der Waals surface area contributed by atoms with Crippen LogP contribution in [0.5, 0.6) is 0 Å². The molecule has 98 valence electrons. The number of benzene rings is 1. The van der Waals surface area contributed by atoms with Crippen LogP contribution in [0.15, 0.2) is 41.8 Å². The lowest BCUT2D eigenvalue weighted by molar-refractivity contribution is -0.120. The highest BCUT2D eigenvalue weighted by molar-refractivity contribution is 8.00. The Kier molecular flexibility index (Phi) is 3.50. The normalized spacial score (nSPS) is 16.0. The van der Waals surface area contributed by atoms with Crippen molar-refractivity contribution in [1.29, 1.82) is 0 Å². The first kappa shape index (κ1) is 12.2. The predicted octanol–water partition coefficient (Wildman–Crippen LogP) is 1.92. The van der Waals surface area contributed by atoms with Gasteiger partial charge in [0.1, 0.15) is 11.6 Å². The number of nitrogens with zero attached hydrogens (tertiary/aromatic N) is 2. The summed E-state index contributed by atoms with van der Waals surface area (Å²) in [6.45, 7) is 0. The van der Waals surface area contributed by atoms with Gasteiger partial charge in [0.15, 0.2) is 5.16 Å². The van der Waals surface area contributed by atoms with Gasteiger partial charge in [0, 0.05) is 6.04 Å². The molecule has 19 heavy (non-hydrogen) atoms. The Morgan fingerprint density at radius 2 is 2.16 bits per heavy atom. The van der Waals surface area contributed by atoms with Gasteiger partial charge in [-0.1, -0.05) is 42.1 Å². The number of hydrogen-bond donors (Lipinski definition) is 2. The van der Waals surface area contributed by atoms with Crippen molar-refractivity contribution in [1.82, 2.24) is 20.5 Å². The molecule has 1 atom stereocenters. The number of aromatic amines is 1. The first-order chi connectivity index (χ1) is 9.33. The first-order valence-corrected chi connectivity index (χ1v) is 7.08. The Morgan fingerprint density at radius 1 is 1.37 bits per heavy atom. The molecule has 1 fully saturated rings. The Balaban J connectivity index is 1.79. The second kappa shape index (κ2) is 5.44.